The van der Waals surface area contributed by atoms with Crippen molar-refractivity contribution in [2.24, 2.45) is 17.8 Å². The van der Waals surface area contributed by atoms with Gasteiger partial charge >= 0.3 is 0 Å². The van der Waals surface area contributed by atoms with E-state index in [2.05, 4.69) is 42.5 Å². The van der Waals surface area contributed by atoms with E-state index in [1.165, 1.54) is 31.4 Å². The highest BCUT2D eigenvalue weighted by Crippen LogP contribution is 2.58. The highest BCUT2D eigenvalue weighted by molar-refractivity contribution is 5.27. The third kappa shape index (κ3) is 3.05. The molecular weight excluding hydrogens is 253 g/mol. The minimum absolute atomic E-state index is 0. The van der Waals surface area contributed by atoms with Crippen LogP contribution in [-0.4, -0.2) is 17.2 Å². The minimum Gasteiger partial charge on any atom is -0.309 e. The molecule has 2 saturated carbocycles. The Bertz CT molecular complexity index is 418. The number of nitrogens with zero attached hydrogens (tertiary/aromatic N) is 1. The lowest BCUT2D eigenvalue weighted by Crippen LogP contribution is -2.28. The van der Waals surface area contributed by atoms with Crippen molar-refractivity contribution in [2.45, 2.75) is 58.9 Å². The van der Waals surface area contributed by atoms with E-state index in [4.69, 9.17) is 0 Å². The average molecular weight is 283 g/mol. The maximum Gasteiger partial charge on any atom is 0.0828 e. The van der Waals surface area contributed by atoms with Gasteiger partial charge in [0.15, 0.2) is 0 Å². The van der Waals surface area contributed by atoms with Gasteiger partial charge < -0.3 is 5.32 Å². The molecule has 2 aliphatic carbocycles. The second kappa shape index (κ2) is 6.70. The Kier molecular flexibility index (Phi) is 5.75. The summed E-state index contributed by atoms with van der Waals surface area (Å²) in [6.07, 6.45) is 5.49. The number of H-pyrrole nitrogens is 1. The Labute approximate surface area is 122 Å². The van der Waals surface area contributed by atoms with E-state index >= 15 is 0 Å². The van der Waals surface area contributed by atoms with E-state index in [1.54, 1.807) is 0 Å². The van der Waals surface area contributed by atoms with Crippen LogP contribution in [0.3, 0.4) is 0 Å². The van der Waals surface area contributed by atoms with Crippen molar-refractivity contribution in [3.63, 3.8) is 0 Å². The molecule has 4 atom stereocenters. The fraction of sp³-hybridized carbons (Fsp3) is 0.812. The Morgan fingerprint density at radius 3 is 2.55 bits per heavy atom. The van der Waals surface area contributed by atoms with Gasteiger partial charge in [0.1, 0.15) is 0 Å². The maximum absolute atomic E-state index is 4.45. The van der Waals surface area contributed by atoms with Crippen LogP contribution >= 0.6 is 0 Å². The summed E-state index contributed by atoms with van der Waals surface area (Å²) in [6.45, 7) is 8.39. The Morgan fingerprint density at radius 1 is 1.40 bits per heavy atom. The molecular formula is C16H30FN3. The normalized spacial score (nSPS) is 33.8. The largest absolute Gasteiger partial charge is 0.309 e. The van der Waals surface area contributed by atoms with Gasteiger partial charge in [0.25, 0.3) is 0 Å². The number of aromatic nitrogens is 2. The molecule has 1 heterocycles. The molecule has 4 unspecified atom stereocenters. The van der Waals surface area contributed by atoms with Crippen molar-refractivity contribution in [1.82, 2.24) is 15.5 Å². The minimum atomic E-state index is 0. The number of halogens is 1. The average Bonchev–Trinajstić information content (AvgIpc) is 3.32. The summed E-state index contributed by atoms with van der Waals surface area (Å²) >= 11 is 0. The van der Waals surface area contributed by atoms with Crippen LogP contribution in [0.25, 0.3) is 0 Å². The molecule has 2 fully saturated rings. The molecule has 3 rings (SSSR count). The molecule has 0 radical (unpaired) electrons. The third-order valence-electron chi connectivity index (χ3n) is 4.89. The van der Waals surface area contributed by atoms with Crippen molar-refractivity contribution < 1.29 is 4.70 Å². The summed E-state index contributed by atoms with van der Waals surface area (Å²) in [5.41, 5.74) is 2.57. The molecule has 2 aliphatic rings. The van der Waals surface area contributed by atoms with Gasteiger partial charge in [-0.15, -0.1) is 0 Å². The monoisotopic (exact) mass is 283 g/mol. The smallest absolute Gasteiger partial charge is 0.0828 e. The second-order valence-electron chi connectivity index (χ2n) is 5.96. The van der Waals surface area contributed by atoms with E-state index < -0.39 is 0 Å². The topological polar surface area (TPSA) is 40.7 Å². The van der Waals surface area contributed by atoms with E-state index in [0.717, 1.165) is 23.4 Å². The zero-order valence-electron chi connectivity index (χ0n) is 13.5. The number of nitrogens with one attached hydrogen (secondary N) is 2. The molecule has 0 saturated heterocycles. The van der Waals surface area contributed by atoms with Crippen LogP contribution < -0.4 is 5.32 Å². The molecule has 0 spiro atoms. The first-order valence-corrected chi connectivity index (χ1v) is 7.91. The van der Waals surface area contributed by atoms with E-state index in [9.17, 15) is 0 Å². The summed E-state index contributed by atoms with van der Waals surface area (Å²) in [5, 5.41) is 11.0. The molecule has 4 heteroatoms. The standard InChI is InChI=1S/C14H23N3.C2H6.FH/c1-4-10-6-11(10)7-12-8-14(12,15-3)13-5-9(2)16-17-13;1-2;/h5,10-12,15H,4,6-8H2,1-3H3,(H,16,17);1-2H3;1H. The van der Waals surface area contributed by atoms with E-state index in [0.29, 0.717) is 0 Å². The van der Waals surface area contributed by atoms with Gasteiger partial charge in [0.05, 0.1) is 11.2 Å². The first-order chi connectivity index (χ1) is 9.19. The Morgan fingerprint density at radius 2 is 2.10 bits per heavy atom. The second-order valence-corrected chi connectivity index (χ2v) is 5.96. The summed E-state index contributed by atoms with van der Waals surface area (Å²) in [7, 11) is 2.08. The van der Waals surface area contributed by atoms with Crippen LogP contribution in [0, 0.1) is 24.7 Å². The third-order valence-corrected chi connectivity index (χ3v) is 4.89. The molecule has 3 nitrogen and oxygen atoms in total. The SMILES string of the molecule is CC.CCC1CC1CC1CC1(NC)c1cc(C)[nH]n1.F. The molecule has 0 amide bonds. The lowest BCUT2D eigenvalue weighted by molar-refractivity contribution is 0.463. The predicted molar refractivity (Wildman–Crippen MR) is 82.5 cm³/mol. The fourth-order valence-electron chi connectivity index (χ4n) is 3.47. The quantitative estimate of drug-likeness (QED) is 0.863. The lowest BCUT2D eigenvalue weighted by Gasteiger charge is -2.13. The number of rotatable bonds is 5. The summed E-state index contributed by atoms with van der Waals surface area (Å²) in [4.78, 5) is 0. The van der Waals surface area contributed by atoms with Gasteiger partial charge in [-0.25, -0.2) is 0 Å². The molecule has 116 valence electrons. The van der Waals surface area contributed by atoms with Crippen LogP contribution in [0.4, 0.5) is 4.70 Å². The van der Waals surface area contributed by atoms with Crippen LogP contribution in [0.1, 0.15) is 57.8 Å². The maximum atomic E-state index is 4.45. The summed E-state index contributed by atoms with van der Waals surface area (Å²) < 4.78 is 0. The van der Waals surface area contributed by atoms with Crippen molar-refractivity contribution in [2.75, 3.05) is 7.05 Å². The number of aryl methyl sites for hydroxylation is 1. The molecule has 0 aromatic carbocycles. The summed E-state index contributed by atoms with van der Waals surface area (Å²) in [5.74, 6) is 2.82. The van der Waals surface area contributed by atoms with Gasteiger partial charge in [-0.1, -0.05) is 27.2 Å². The van der Waals surface area contributed by atoms with Crippen LogP contribution in [0.5, 0.6) is 0 Å². The zero-order valence-corrected chi connectivity index (χ0v) is 13.5. The van der Waals surface area contributed by atoms with Gasteiger partial charge in [0, 0.05) is 5.69 Å². The molecule has 2 N–H and O–H groups in total. The molecule has 0 aliphatic heterocycles. The van der Waals surface area contributed by atoms with Gasteiger partial charge in [-0.05, 0) is 57.1 Å². The number of hydrogen-bond donors (Lipinski definition) is 2. The van der Waals surface area contributed by atoms with Crippen LogP contribution in [0.2, 0.25) is 0 Å². The highest BCUT2D eigenvalue weighted by Gasteiger charge is 2.57. The molecule has 20 heavy (non-hydrogen) atoms. The van der Waals surface area contributed by atoms with Crippen LogP contribution in [-0.2, 0) is 5.54 Å². The first kappa shape index (κ1) is 17.2. The fourth-order valence-corrected chi connectivity index (χ4v) is 3.47. The summed E-state index contributed by atoms with van der Waals surface area (Å²) in [6, 6.07) is 2.20. The van der Waals surface area contributed by atoms with Crippen molar-refractivity contribution in [3.8, 4) is 0 Å². The number of hydrogen-bond acceptors (Lipinski definition) is 2. The van der Waals surface area contributed by atoms with Crippen molar-refractivity contribution >= 4 is 0 Å². The predicted octanol–water partition coefficient (Wildman–Crippen LogP) is 3.77. The highest BCUT2D eigenvalue weighted by atomic mass is 19.0. The molecule has 1 aromatic heterocycles. The molecule has 1 aromatic rings. The van der Waals surface area contributed by atoms with Crippen LogP contribution in [0.15, 0.2) is 6.07 Å². The van der Waals surface area contributed by atoms with Gasteiger partial charge in [0.2, 0.25) is 0 Å². The van der Waals surface area contributed by atoms with E-state index in [-0.39, 0.29) is 10.2 Å². The zero-order chi connectivity index (χ0) is 14.0. The first-order valence-electron chi connectivity index (χ1n) is 7.91. The van der Waals surface area contributed by atoms with Gasteiger partial charge in [-0.3, -0.25) is 9.80 Å². The van der Waals surface area contributed by atoms with Crippen molar-refractivity contribution in [3.05, 3.63) is 17.5 Å². The lowest BCUT2D eigenvalue weighted by atomic mass is 10.0. The Hall–Kier alpha value is -0.900. The number of aromatic amines is 1. The molecule has 0 bridgehead atoms. The van der Waals surface area contributed by atoms with Crippen molar-refractivity contribution in [1.29, 1.82) is 0 Å². The van der Waals surface area contributed by atoms with E-state index in [1.807, 2.05) is 13.8 Å². The Balaban J connectivity index is 0.000000639. The van der Waals surface area contributed by atoms with Gasteiger partial charge in [-0.2, -0.15) is 5.10 Å².